The monoisotopic (exact) mass is 289 g/mol. The molecule has 0 bridgehead atoms. The molecule has 0 amide bonds. The summed E-state index contributed by atoms with van der Waals surface area (Å²) in [5.74, 6) is -0.376. The zero-order valence-corrected chi connectivity index (χ0v) is 12.2. The number of nitrogen functional groups attached to an aromatic ring is 1. The van der Waals surface area contributed by atoms with Crippen LogP contribution in [-0.2, 0) is 11.3 Å². The van der Waals surface area contributed by atoms with Crippen molar-refractivity contribution >= 4 is 23.3 Å². The SMILES string of the molecule is Cc1ccc(COC(=O)c2ccc(N)cc2C)c(Cl)c1. The number of hydrogen-bond donors (Lipinski definition) is 1. The van der Waals surface area contributed by atoms with Crippen LogP contribution in [0.4, 0.5) is 5.69 Å². The number of rotatable bonds is 3. The molecule has 0 aliphatic carbocycles. The lowest BCUT2D eigenvalue weighted by atomic mass is 10.1. The zero-order chi connectivity index (χ0) is 14.7. The molecule has 20 heavy (non-hydrogen) atoms. The van der Waals surface area contributed by atoms with E-state index >= 15 is 0 Å². The largest absolute Gasteiger partial charge is 0.457 e. The second-order valence-corrected chi connectivity index (χ2v) is 5.15. The predicted molar refractivity (Wildman–Crippen MR) is 80.9 cm³/mol. The Hall–Kier alpha value is -2.00. The summed E-state index contributed by atoms with van der Waals surface area (Å²) in [6.07, 6.45) is 0. The summed E-state index contributed by atoms with van der Waals surface area (Å²) in [5.41, 5.74) is 9.45. The number of ether oxygens (including phenoxy) is 1. The second-order valence-electron chi connectivity index (χ2n) is 4.75. The van der Waals surface area contributed by atoms with Gasteiger partial charge < -0.3 is 10.5 Å². The van der Waals surface area contributed by atoms with Gasteiger partial charge in [-0.25, -0.2) is 4.79 Å². The topological polar surface area (TPSA) is 52.3 Å². The van der Waals surface area contributed by atoms with Gasteiger partial charge in [-0.1, -0.05) is 23.7 Å². The van der Waals surface area contributed by atoms with Crippen LogP contribution in [0, 0.1) is 13.8 Å². The molecule has 4 heteroatoms. The van der Waals surface area contributed by atoms with E-state index in [1.165, 1.54) is 0 Å². The van der Waals surface area contributed by atoms with Gasteiger partial charge in [-0.15, -0.1) is 0 Å². The van der Waals surface area contributed by atoms with Crippen molar-refractivity contribution in [1.82, 2.24) is 0 Å². The lowest BCUT2D eigenvalue weighted by molar-refractivity contribution is 0.0472. The minimum Gasteiger partial charge on any atom is -0.457 e. The number of esters is 1. The highest BCUT2D eigenvalue weighted by Gasteiger charge is 2.11. The number of hydrogen-bond acceptors (Lipinski definition) is 3. The van der Waals surface area contributed by atoms with Gasteiger partial charge in [0.25, 0.3) is 0 Å². The van der Waals surface area contributed by atoms with Gasteiger partial charge in [0, 0.05) is 16.3 Å². The van der Waals surface area contributed by atoms with Gasteiger partial charge >= 0.3 is 5.97 Å². The van der Waals surface area contributed by atoms with Crippen molar-refractivity contribution in [2.24, 2.45) is 0 Å². The molecule has 0 heterocycles. The molecule has 3 nitrogen and oxygen atoms in total. The van der Waals surface area contributed by atoms with E-state index in [0.29, 0.717) is 16.3 Å². The summed E-state index contributed by atoms with van der Waals surface area (Å²) in [5, 5.41) is 0.604. The summed E-state index contributed by atoms with van der Waals surface area (Å²) in [6.45, 7) is 3.94. The number of halogens is 1. The van der Waals surface area contributed by atoms with E-state index in [1.807, 2.05) is 32.0 Å². The molecule has 2 rings (SSSR count). The van der Waals surface area contributed by atoms with Crippen molar-refractivity contribution in [3.8, 4) is 0 Å². The molecule has 0 aromatic heterocycles. The van der Waals surface area contributed by atoms with Crippen molar-refractivity contribution in [3.63, 3.8) is 0 Å². The maximum Gasteiger partial charge on any atom is 0.338 e. The molecular formula is C16H16ClNO2. The molecule has 0 radical (unpaired) electrons. The van der Waals surface area contributed by atoms with Gasteiger partial charge in [0.2, 0.25) is 0 Å². The van der Waals surface area contributed by atoms with Crippen molar-refractivity contribution in [2.45, 2.75) is 20.5 Å². The first kappa shape index (κ1) is 14.4. The van der Waals surface area contributed by atoms with E-state index < -0.39 is 0 Å². The van der Waals surface area contributed by atoms with E-state index in [-0.39, 0.29) is 12.6 Å². The third-order valence-corrected chi connectivity index (χ3v) is 3.39. The molecular weight excluding hydrogens is 274 g/mol. The quantitative estimate of drug-likeness (QED) is 0.689. The molecule has 104 valence electrons. The number of benzene rings is 2. The van der Waals surface area contributed by atoms with Crippen LogP contribution in [0.2, 0.25) is 5.02 Å². The lowest BCUT2D eigenvalue weighted by Gasteiger charge is -2.09. The molecule has 0 aliphatic heterocycles. The van der Waals surface area contributed by atoms with Crippen molar-refractivity contribution < 1.29 is 9.53 Å². The Labute approximate surface area is 123 Å². The predicted octanol–water partition coefficient (Wildman–Crippen LogP) is 3.90. The molecule has 0 spiro atoms. The number of anilines is 1. The highest BCUT2D eigenvalue weighted by molar-refractivity contribution is 6.31. The number of nitrogens with two attached hydrogens (primary N) is 1. The average molecular weight is 290 g/mol. The fourth-order valence-corrected chi connectivity index (χ4v) is 2.20. The van der Waals surface area contributed by atoms with E-state index in [0.717, 1.165) is 16.7 Å². The molecule has 0 aliphatic rings. The Bertz CT molecular complexity index is 653. The van der Waals surface area contributed by atoms with Gasteiger partial charge in [0.15, 0.2) is 0 Å². The summed E-state index contributed by atoms with van der Waals surface area (Å²) in [4.78, 5) is 12.0. The molecule has 2 aromatic carbocycles. The van der Waals surface area contributed by atoms with Gasteiger partial charge in [-0.3, -0.25) is 0 Å². The number of aryl methyl sites for hydroxylation is 2. The highest BCUT2D eigenvalue weighted by Crippen LogP contribution is 2.20. The van der Waals surface area contributed by atoms with Crippen LogP contribution >= 0.6 is 11.6 Å². The normalized spacial score (nSPS) is 10.3. The van der Waals surface area contributed by atoms with Crippen LogP contribution < -0.4 is 5.73 Å². The molecule has 2 aromatic rings. The van der Waals surface area contributed by atoms with E-state index in [9.17, 15) is 4.79 Å². The van der Waals surface area contributed by atoms with Gasteiger partial charge in [0.1, 0.15) is 6.61 Å². The van der Waals surface area contributed by atoms with Crippen LogP contribution in [0.3, 0.4) is 0 Å². The maximum absolute atomic E-state index is 12.0. The summed E-state index contributed by atoms with van der Waals surface area (Å²) in [7, 11) is 0. The summed E-state index contributed by atoms with van der Waals surface area (Å²) < 4.78 is 5.29. The second kappa shape index (κ2) is 5.97. The fraction of sp³-hybridized carbons (Fsp3) is 0.188. The highest BCUT2D eigenvalue weighted by atomic mass is 35.5. The van der Waals surface area contributed by atoms with Gasteiger partial charge in [-0.2, -0.15) is 0 Å². The fourth-order valence-electron chi connectivity index (χ4n) is 1.91. The number of carbonyl (C=O) groups is 1. The van der Waals surface area contributed by atoms with Crippen LogP contribution in [0.5, 0.6) is 0 Å². The van der Waals surface area contributed by atoms with Crippen LogP contribution in [0.1, 0.15) is 27.0 Å². The minimum absolute atomic E-state index is 0.155. The van der Waals surface area contributed by atoms with E-state index in [2.05, 4.69) is 0 Å². The first-order chi connectivity index (χ1) is 9.47. The molecule has 0 unspecified atom stereocenters. The van der Waals surface area contributed by atoms with E-state index in [4.69, 9.17) is 22.1 Å². The van der Waals surface area contributed by atoms with Crippen molar-refractivity contribution in [1.29, 1.82) is 0 Å². The summed E-state index contributed by atoms with van der Waals surface area (Å²) in [6, 6.07) is 10.7. The lowest BCUT2D eigenvalue weighted by Crippen LogP contribution is -2.07. The maximum atomic E-state index is 12.0. The first-order valence-corrected chi connectivity index (χ1v) is 6.63. The zero-order valence-electron chi connectivity index (χ0n) is 11.4. The van der Waals surface area contributed by atoms with Gasteiger partial charge in [0.05, 0.1) is 5.56 Å². The Morgan fingerprint density at radius 1 is 1.20 bits per heavy atom. The molecule has 0 saturated carbocycles. The Morgan fingerprint density at radius 3 is 2.60 bits per heavy atom. The van der Waals surface area contributed by atoms with E-state index in [1.54, 1.807) is 18.2 Å². The Balaban J connectivity index is 2.08. The molecule has 0 atom stereocenters. The van der Waals surface area contributed by atoms with Crippen molar-refractivity contribution in [2.75, 3.05) is 5.73 Å². The smallest absolute Gasteiger partial charge is 0.338 e. The van der Waals surface area contributed by atoms with Crippen molar-refractivity contribution in [3.05, 3.63) is 63.7 Å². The molecule has 0 saturated heterocycles. The molecule has 2 N–H and O–H groups in total. The third-order valence-electron chi connectivity index (χ3n) is 3.04. The third kappa shape index (κ3) is 3.31. The minimum atomic E-state index is -0.376. The van der Waals surface area contributed by atoms with Crippen LogP contribution in [0.25, 0.3) is 0 Å². The Kier molecular flexibility index (Phi) is 4.30. The van der Waals surface area contributed by atoms with Crippen LogP contribution in [-0.4, -0.2) is 5.97 Å². The first-order valence-electron chi connectivity index (χ1n) is 6.25. The summed E-state index contributed by atoms with van der Waals surface area (Å²) >= 11 is 6.10. The van der Waals surface area contributed by atoms with Gasteiger partial charge in [-0.05, 0) is 49.2 Å². The average Bonchev–Trinajstić information content (AvgIpc) is 2.37. The number of carbonyl (C=O) groups excluding carboxylic acids is 1. The molecule has 0 fully saturated rings. The Morgan fingerprint density at radius 2 is 1.95 bits per heavy atom. The standard InChI is InChI=1S/C16H16ClNO2/c1-10-3-4-12(15(17)7-10)9-20-16(19)14-6-5-13(18)8-11(14)2/h3-8H,9,18H2,1-2H3. The van der Waals surface area contributed by atoms with Crippen LogP contribution in [0.15, 0.2) is 36.4 Å².